The smallest absolute Gasteiger partial charge is 0.142 e. The third-order valence-corrected chi connectivity index (χ3v) is 3.66. The lowest BCUT2D eigenvalue weighted by molar-refractivity contribution is 0.341. The van der Waals surface area contributed by atoms with Gasteiger partial charge in [-0.1, -0.05) is 50.2 Å². The zero-order chi connectivity index (χ0) is 15.2. The second-order valence-electron chi connectivity index (χ2n) is 5.62. The minimum absolute atomic E-state index is 0.243. The van der Waals surface area contributed by atoms with Crippen LogP contribution in [0.15, 0.2) is 48.5 Å². The Morgan fingerprint density at radius 1 is 0.905 bits per heavy atom. The van der Waals surface area contributed by atoms with Crippen LogP contribution < -0.4 is 10.1 Å². The number of anilines is 1. The lowest BCUT2D eigenvalue weighted by Gasteiger charge is -2.19. The van der Waals surface area contributed by atoms with Crippen molar-refractivity contribution in [1.82, 2.24) is 0 Å². The molecule has 0 amide bonds. The van der Waals surface area contributed by atoms with E-state index in [9.17, 15) is 0 Å². The second kappa shape index (κ2) is 7.16. The Labute approximate surface area is 128 Å². The van der Waals surface area contributed by atoms with Gasteiger partial charge in [-0.05, 0) is 43.0 Å². The monoisotopic (exact) mass is 283 g/mol. The first-order valence-electron chi connectivity index (χ1n) is 7.70. The second-order valence-corrected chi connectivity index (χ2v) is 5.62. The molecule has 0 aliphatic carbocycles. The Bertz CT molecular complexity index is 560. The maximum atomic E-state index is 5.66. The fourth-order valence-electron chi connectivity index (χ4n) is 2.35. The summed E-state index contributed by atoms with van der Waals surface area (Å²) in [5.74, 6) is 1.48. The molecule has 1 atom stereocenters. The average Bonchev–Trinajstić information content (AvgIpc) is 2.49. The number of hydrogen-bond donors (Lipinski definition) is 1. The van der Waals surface area contributed by atoms with E-state index in [0.29, 0.717) is 12.5 Å². The van der Waals surface area contributed by atoms with Gasteiger partial charge in [0.1, 0.15) is 5.75 Å². The van der Waals surface area contributed by atoms with Gasteiger partial charge in [-0.2, -0.15) is 0 Å². The molecule has 0 aliphatic heterocycles. The summed E-state index contributed by atoms with van der Waals surface area (Å²) in [7, 11) is 0. The highest BCUT2D eigenvalue weighted by Crippen LogP contribution is 2.28. The van der Waals surface area contributed by atoms with Crippen LogP contribution in [0.1, 0.15) is 50.8 Å². The van der Waals surface area contributed by atoms with Crippen LogP contribution in [0.3, 0.4) is 0 Å². The fourth-order valence-corrected chi connectivity index (χ4v) is 2.35. The van der Waals surface area contributed by atoms with E-state index in [2.05, 4.69) is 56.4 Å². The summed E-state index contributed by atoms with van der Waals surface area (Å²) < 4.78 is 5.66. The first kappa shape index (κ1) is 15.4. The molecule has 0 fully saturated rings. The minimum Gasteiger partial charge on any atom is -0.492 e. The van der Waals surface area contributed by atoms with Crippen LogP contribution in [0.25, 0.3) is 0 Å². The van der Waals surface area contributed by atoms with Crippen molar-refractivity contribution < 1.29 is 4.74 Å². The molecule has 1 N–H and O–H groups in total. The number of ether oxygens (including phenoxy) is 1. The van der Waals surface area contributed by atoms with E-state index in [0.717, 1.165) is 11.4 Å². The summed E-state index contributed by atoms with van der Waals surface area (Å²) in [6.07, 6.45) is 0. The molecule has 1 unspecified atom stereocenters. The van der Waals surface area contributed by atoms with E-state index >= 15 is 0 Å². The van der Waals surface area contributed by atoms with Crippen molar-refractivity contribution in [3.63, 3.8) is 0 Å². The first-order valence-corrected chi connectivity index (χ1v) is 7.70. The molecule has 112 valence electrons. The molecule has 0 radical (unpaired) electrons. The first-order chi connectivity index (χ1) is 10.1. The SMILES string of the molecule is CCOc1ccccc1NC(C)c1ccc(C(C)C)cc1. The van der Waals surface area contributed by atoms with Gasteiger partial charge in [0.2, 0.25) is 0 Å². The highest BCUT2D eigenvalue weighted by Gasteiger charge is 2.09. The lowest BCUT2D eigenvalue weighted by Crippen LogP contribution is -2.08. The summed E-state index contributed by atoms with van der Waals surface area (Å²) in [6.45, 7) is 9.29. The van der Waals surface area contributed by atoms with Crippen LogP contribution in [0.4, 0.5) is 5.69 Å². The third kappa shape index (κ3) is 4.01. The summed E-state index contributed by atoms with van der Waals surface area (Å²) >= 11 is 0. The standard InChI is InChI=1S/C19H25NO/c1-5-21-19-9-7-6-8-18(19)20-15(4)17-12-10-16(11-13-17)14(2)3/h6-15,20H,5H2,1-4H3. The average molecular weight is 283 g/mol. The topological polar surface area (TPSA) is 21.3 Å². The Morgan fingerprint density at radius 3 is 2.14 bits per heavy atom. The predicted octanol–water partition coefficient (Wildman–Crippen LogP) is 5.38. The quantitative estimate of drug-likeness (QED) is 0.768. The van der Waals surface area contributed by atoms with Gasteiger partial charge in [-0.25, -0.2) is 0 Å². The predicted molar refractivity (Wildman–Crippen MR) is 90.2 cm³/mol. The fraction of sp³-hybridized carbons (Fsp3) is 0.368. The van der Waals surface area contributed by atoms with Crippen LogP contribution in [0.2, 0.25) is 0 Å². The molecule has 0 heterocycles. The van der Waals surface area contributed by atoms with Gasteiger partial charge in [0.15, 0.2) is 0 Å². The Kier molecular flexibility index (Phi) is 5.26. The van der Waals surface area contributed by atoms with Crippen molar-refractivity contribution in [2.75, 3.05) is 11.9 Å². The van der Waals surface area contributed by atoms with Gasteiger partial charge >= 0.3 is 0 Å². The molecular formula is C19H25NO. The van der Waals surface area contributed by atoms with E-state index in [4.69, 9.17) is 4.74 Å². The summed E-state index contributed by atoms with van der Waals surface area (Å²) in [5.41, 5.74) is 3.70. The van der Waals surface area contributed by atoms with Gasteiger partial charge in [-0.3, -0.25) is 0 Å². The number of rotatable bonds is 6. The highest BCUT2D eigenvalue weighted by atomic mass is 16.5. The normalized spacial score (nSPS) is 12.2. The number of para-hydroxylation sites is 2. The van der Waals surface area contributed by atoms with Crippen LogP contribution in [-0.2, 0) is 0 Å². The van der Waals surface area contributed by atoms with Crippen molar-refractivity contribution in [3.8, 4) is 5.75 Å². The maximum absolute atomic E-state index is 5.66. The molecule has 0 aromatic heterocycles. The summed E-state index contributed by atoms with van der Waals surface area (Å²) in [5, 5.41) is 3.54. The van der Waals surface area contributed by atoms with Crippen molar-refractivity contribution in [2.45, 2.75) is 39.7 Å². The molecule has 0 saturated carbocycles. The van der Waals surface area contributed by atoms with Crippen LogP contribution in [0, 0.1) is 0 Å². The molecular weight excluding hydrogens is 258 g/mol. The van der Waals surface area contributed by atoms with Crippen LogP contribution in [0.5, 0.6) is 5.75 Å². The molecule has 2 rings (SSSR count). The molecule has 0 saturated heterocycles. The van der Waals surface area contributed by atoms with Crippen molar-refractivity contribution in [1.29, 1.82) is 0 Å². The summed E-state index contributed by atoms with van der Waals surface area (Å²) in [4.78, 5) is 0. The maximum Gasteiger partial charge on any atom is 0.142 e. The number of nitrogens with one attached hydrogen (secondary N) is 1. The van der Waals surface area contributed by atoms with Crippen molar-refractivity contribution >= 4 is 5.69 Å². The Hall–Kier alpha value is -1.96. The zero-order valence-corrected chi connectivity index (χ0v) is 13.4. The minimum atomic E-state index is 0.243. The van der Waals surface area contributed by atoms with E-state index in [1.807, 2.05) is 25.1 Å². The molecule has 2 aromatic carbocycles. The van der Waals surface area contributed by atoms with E-state index < -0.39 is 0 Å². The van der Waals surface area contributed by atoms with E-state index in [1.165, 1.54) is 11.1 Å². The van der Waals surface area contributed by atoms with Gasteiger partial charge in [0, 0.05) is 6.04 Å². The van der Waals surface area contributed by atoms with Gasteiger partial charge < -0.3 is 10.1 Å². The molecule has 21 heavy (non-hydrogen) atoms. The summed E-state index contributed by atoms with van der Waals surface area (Å²) in [6, 6.07) is 17.2. The Balaban J connectivity index is 2.12. The lowest BCUT2D eigenvalue weighted by atomic mass is 9.99. The third-order valence-electron chi connectivity index (χ3n) is 3.66. The molecule has 2 nitrogen and oxygen atoms in total. The molecule has 0 bridgehead atoms. The van der Waals surface area contributed by atoms with E-state index in [-0.39, 0.29) is 6.04 Å². The number of hydrogen-bond acceptors (Lipinski definition) is 2. The van der Waals surface area contributed by atoms with Crippen LogP contribution in [-0.4, -0.2) is 6.61 Å². The zero-order valence-electron chi connectivity index (χ0n) is 13.4. The molecule has 0 aliphatic rings. The molecule has 2 aromatic rings. The van der Waals surface area contributed by atoms with Gasteiger partial charge in [0.25, 0.3) is 0 Å². The Morgan fingerprint density at radius 2 is 1.52 bits per heavy atom. The van der Waals surface area contributed by atoms with Crippen molar-refractivity contribution in [3.05, 3.63) is 59.7 Å². The van der Waals surface area contributed by atoms with Crippen molar-refractivity contribution in [2.24, 2.45) is 0 Å². The van der Waals surface area contributed by atoms with Crippen LogP contribution >= 0.6 is 0 Å². The molecule has 2 heteroatoms. The highest BCUT2D eigenvalue weighted by molar-refractivity contribution is 5.57. The van der Waals surface area contributed by atoms with E-state index in [1.54, 1.807) is 0 Å². The van der Waals surface area contributed by atoms with Gasteiger partial charge in [0.05, 0.1) is 12.3 Å². The number of benzene rings is 2. The largest absolute Gasteiger partial charge is 0.492 e. The van der Waals surface area contributed by atoms with Gasteiger partial charge in [-0.15, -0.1) is 0 Å². The molecule has 0 spiro atoms.